The summed E-state index contributed by atoms with van der Waals surface area (Å²) in [5.41, 5.74) is 22.7. The van der Waals surface area contributed by atoms with Gasteiger partial charge in [0.2, 0.25) is 0 Å². The first-order chi connectivity index (χ1) is 43.1. The molecule has 8 bridgehead atoms. The molecule has 4 fully saturated rings. The molecule has 90 heavy (non-hydrogen) atoms. The summed E-state index contributed by atoms with van der Waals surface area (Å²) in [7, 11) is 1.00. The predicted octanol–water partition coefficient (Wildman–Crippen LogP) is 9.38. The number of nitrogens with zero attached hydrogens (tertiary/aromatic N) is 3. The molecule has 3 radical (unpaired) electrons. The Morgan fingerprint density at radius 3 is 1.48 bits per heavy atom. The Hall–Kier alpha value is -5.48. The zero-order valence-electron chi connectivity index (χ0n) is 55.8. The molecule has 12 aliphatic rings. The molecule has 0 amide bonds. The standard InChI is InChI=1S/C22H24N2.C22H27NO.C22H25NO.C13H17N.CH4O.B.Na.H/c1-16-10-17(6-8-21(16)13-23)14-24-15-18-7-9-22(24)12-20-5-3-2-4-19(20)11-18;2*1-16-10-17(6-8-21(16)15-24)13-23-14-18-7-9-22(23)12-20-5-3-2-4-19(20)11-18;1-2-4-12-8-13-6-5-10(9-14-13)7-11(12)3-1;1-2;;;/h2-6,8,10,18,22H,7,9,11-12,14-15H2,1H3;2-6,8,10,18,22,24H,7,9,11-15H2,1H3;2-6,8,10,15,18,22H,7,9,11-14H2,1H3;1-4,10,13-14H,5-9H2;2H,1H3;;;/q;;;;;;+1;-1/p+1. The van der Waals surface area contributed by atoms with Crippen LogP contribution in [0.1, 0.15) is 152 Å². The Labute approximate surface area is 565 Å². The van der Waals surface area contributed by atoms with Crippen LogP contribution in [0.15, 0.2) is 152 Å². The maximum Gasteiger partial charge on any atom is 1.00 e. The summed E-state index contributed by atoms with van der Waals surface area (Å²) in [5, 5.41) is 29.1. The van der Waals surface area contributed by atoms with Crippen LogP contribution in [-0.2, 0) is 77.6 Å². The van der Waals surface area contributed by atoms with Crippen molar-refractivity contribution in [1.29, 1.82) is 5.26 Å². The number of aliphatic hydroxyl groups is 2. The van der Waals surface area contributed by atoms with Gasteiger partial charge in [-0.05, 0) is 225 Å². The summed E-state index contributed by atoms with van der Waals surface area (Å²) < 4.78 is 0. The SMILES string of the molecule is CO.Cc1cc(CN2CC3CCC2Cc2ccccc2C3)ccc1C#N.Cc1cc(CN2CC3CCC2Cc2ccccc2C3)ccc1CO.Cc1cc(C[NH+]2CC3CCC2Cc2ccccc2C3)ccc1C=O.[B].[H-].[Na+].c1ccc2c(c1)CC1CCC(C2)NC1. The number of aryl methyl sites for hydroxylation is 3. The average Bonchev–Trinajstić information content (AvgIpc) is 2.56. The van der Waals surface area contributed by atoms with Crippen molar-refractivity contribution in [2.45, 2.75) is 174 Å². The summed E-state index contributed by atoms with van der Waals surface area (Å²) in [6.07, 6.45) is 21.7. The van der Waals surface area contributed by atoms with Crippen LogP contribution in [0.4, 0.5) is 0 Å². The van der Waals surface area contributed by atoms with Crippen LogP contribution in [0.2, 0.25) is 0 Å². The van der Waals surface area contributed by atoms with E-state index < -0.39 is 0 Å². The Morgan fingerprint density at radius 1 is 0.533 bits per heavy atom. The van der Waals surface area contributed by atoms with E-state index in [0.717, 1.165) is 96.6 Å². The van der Waals surface area contributed by atoms with E-state index in [0.29, 0.717) is 12.1 Å². The van der Waals surface area contributed by atoms with Crippen molar-refractivity contribution in [3.05, 3.63) is 246 Å². The van der Waals surface area contributed by atoms with E-state index in [9.17, 15) is 9.90 Å². The third-order valence-electron chi connectivity index (χ3n) is 21.5. The van der Waals surface area contributed by atoms with Gasteiger partial charge in [-0.15, -0.1) is 0 Å². The van der Waals surface area contributed by atoms with Crippen molar-refractivity contribution in [3.63, 3.8) is 0 Å². The van der Waals surface area contributed by atoms with E-state index in [1.807, 2.05) is 26.0 Å². The average molecular weight is 1210 g/mol. The van der Waals surface area contributed by atoms with Crippen molar-refractivity contribution < 1.29 is 50.9 Å². The second kappa shape index (κ2) is 33.4. The number of nitrogens with one attached hydrogen (secondary N) is 2. The van der Waals surface area contributed by atoms with E-state index in [1.165, 1.54) is 151 Å². The van der Waals surface area contributed by atoms with Crippen LogP contribution in [0.25, 0.3) is 0 Å². The predicted molar refractivity (Wildman–Crippen MR) is 364 cm³/mol. The zero-order chi connectivity index (χ0) is 60.9. The molecule has 0 spiro atoms. The van der Waals surface area contributed by atoms with Crippen LogP contribution < -0.4 is 39.8 Å². The molecule has 4 saturated heterocycles. The molecule has 0 saturated carbocycles. The van der Waals surface area contributed by atoms with Crippen molar-refractivity contribution in [2.24, 2.45) is 23.7 Å². The molecule has 4 N–H and O–H groups in total. The minimum atomic E-state index is 0. The fraction of sp³-hybridized carbons (Fsp3) is 0.450. The maximum atomic E-state index is 11.0. The van der Waals surface area contributed by atoms with Gasteiger partial charge in [-0.1, -0.05) is 140 Å². The number of carbonyl (C=O) groups excluding carboxylic acids is 1. The van der Waals surface area contributed by atoms with Gasteiger partial charge in [0.25, 0.3) is 0 Å². The monoisotopic (exact) mass is 1210 g/mol. The van der Waals surface area contributed by atoms with Gasteiger partial charge in [0.1, 0.15) is 12.8 Å². The van der Waals surface area contributed by atoms with Crippen molar-refractivity contribution in [2.75, 3.05) is 33.3 Å². The van der Waals surface area contributed by atoms with Gasteiger partial charge in [-0.2, -0.15) is 5.26 Å². The number of aldehydes is 1. The number of hydrogen-bond acceptors (Lipinski definition) is 7. The van der Waals surface area contributed by atoms with E-state index >= 15 is 0 Å². The normalized spacial score (nSPS) is 24.1. The fourth-order valence-electron chi connectivity index (χ4n) is 16.6. The van der Waals surface area contributed by atoms with Crippen LogP contribution in [-0.4, -0.2) is 92.2 Å². The number of nitriles is 1. The maximum absolute atomic E-state index is 11.0. The van der Waals surface area contributed by atoms with E-state index in [-0.39, 0.29) is 46.0 Å². The second-order valence-corrected chi connectivity index (χ2v) is 27.5. The summed E-state index contributed by atoms with van der Waals surface area (Å²) in [5.74, 6) is 3.27. The van der Waals surface area contributed by atoms with Gasteiger partial charge in [-0.3, -0.25) is 14.6 Å². The Kier molecular flexibility index (Phi) is 25.6. The summed E-state index contributed by atoms with van der Waals surface area (Å²) in [4.78, 5) is 18.2. The molecule has 465 valence electrons. The van der Waals surface area contributed by atoms with Crippen LogP contribution in [0, 0.1) is 55.8 Å². The number of piperidine rings is 4. The van der Waals surface area contributed by atoms with Crippen LogP contribution >= 0.6 is 0 Å². The topological polar surface area (TPSA) is 104 Å². The number of fused-ring (bicyclic) bond motifs is 8. The van der Waals surface area contributed by atoms with Gasteiger partial charge < -0.3 is 21.9 Å². The molecule has 19 rings (SSSR count). The molecule has 8 nitrogen and oxygen atoms in total. The number of benzene rings is 7. The molecule has 9 unspecified atom stereocenters. The van der Waals surface area contributed by atoms with Gasteiger partial charge >= 0.3 is 29.6 Å². The van der Waals surface area contributed by atoms with Crippen LogP contribution in [0.3, 0.4) is 0 Å². The zero-order valence-corrected chi connectivity index (χ0v) is 56.8. The number of quaternary nitrogens is 1. The molecule has 9 atom stereocenters. The quantitative estimate of drug-likeness (QED) is 0.0889. The van der Waals surface area contributed by atoms with Gasteiger partial charge in [0, 0.05) is 89.7 Å². The molecule has 7 aromatic rings. The van der Waals surface area contributed by atoms with Crippen LogP contribution in [0.5, 0.6) is 0 Å². The summed E-state index contributed by atoms with van der Waals surface area (Å²) in [6.45, 7) is 14.4. The molecule has 0 aromatic heterocycles. The number of rotatable bonds is 8. The third-order valence-corrected chi connectivity index (χ3v) is 21.5. The first kappa shape index (κ1) is 68.9. The Balaban J connectivity index is 0.000000155. The number of carbonyl (C=O) groups is 1. The second-order valence-electron chi connectivity index (χ2n) is 27.5. The van der Waals surface area contributed by atoms with E-state index in [4.69, 9.17) is 10.4 Å². The van der Waals surface area contributed by atoms with Crippen molar-refractivity contribution in [3.8, 4) is 6.07 Å². The first-order valence-corrected chi connectivity index (χ1v) is 33.6. The van der Waals surface area contributed by atoms with E-state index in [1.54, 1.807) is 49.4 Å². The molecule has 8 aliphatic heterocycles. The molecular formula is C80H99BN5NaO3+. The smallest absolute Gasteiger partial charge is 1.00 e. The van der Waals surface area contributed by atoms with Gasteiger partial charge in [0.15, 0.2) is 0 Å². The molecule has 10 heteroatoms. The molecular weight excluding hydrogens is 1110 g/mol. The third kappa shape index (κ3) is 17.6. The van der Waals surface area contributed by atoms with Crippen molar-refractivity contribution in [1.82, 2.24) is 15.1 Å². The van der Waals surface area contributed by atoms with E-state index in [2.05, 4.69) is 168 Å². The van der Waals surface area contributed by atoms with Crippen molar-refractivity contribution >= 4 is 14.7 Å². The molecule has 7 aromatic carbocycles. The Bertz CT molecular complexity index is 3480. The first-order valence-electron chi connectivity index (χ1n) is 33.6. The minimum absolute atomic E-state index is 0. The summed E-state index contributed by atoms with van der Waals surface area (Å²) >= 11 is 0. The van der Waals surface area contributed by atoms with Gasteiger partial charge in [-0.25, -0.2) is 0 Å². The number of aliphatic hydroxyl groups excluding tert-OH is 2. The minimum Gasteiger partial charge on any atom is -1.00 e. The number of hydrogen-bond donors (Lipinski definition) is 4. The van der Waals surface area contributed by atoms with Gasteiger partial charge in [0.05, 0.1) is 30.8 Å². The Morgan fingerprint density at radius 2 is 0.989 bits per heavy atom. The summed E-state index contributed by atoms with van der Waals surface area (Å²) in [6, 6.07) is 60.3. The molecule has 8 heterocycles. The fourth-order valence-corrected chi connectivity index (χ4v) is 16.6. The molecule has 4 aliphatic carbocycles. The largest absolute Gasteiger partial charge is 1.00 e.